The molecule has 8 nitrogen and oxygen atoms in total. The van der Waals surface area contributed by atoms with E-state index >= 15 is 0 Å². The van der Waals surface area contributed by atoms with Crippen LogP contribution in [0.15, 0.2) is 35.6 Å². The van der Waals surface area contributed by atoms with Gasteiger partial charge < -0.3 is 24.7 Å². The van der Waals surface area contributed by atoms with Gasteiger partial charge in [0.05, 0.1) is 24.1 Å². The lowest BCUT2D eigenvalue weighted by atomic mass is 9.82. The van der Waals surface area contributed by atoms with E-state index in [1.807, 2.05) is 6.08 Å². The van der Waals surface area contributed by atoms with Crippen molar-refractivity contribution < 1.29 is 29.3 Å². The topological polar surface area (TPSA) is 107 Å². The van der Waals surface area contributed by atoms with Gasteiger partial charge in [0.1, 0.15) is 12.3 Å². The lowest BCUT2D eigenvalue weighted by molar-refractivity contribution is -0.161. The monoisotopic (exact) mass is 390 g/mol. The average Bonchev–Trinajstić information content (AvgIpc) is 3.21. The Morgan fingerprint density at radius 1 is 1.43 bits per heavy atom. The summed E-state index contributed by atoms with van der Waals surface area (Å²) in [6, 6.07) is -0.509. The molecule has 0 aromatic rings. The van der Waals surface area contributed by atoms with Crippen molar-refractivity contribution in [2.24, 2.45) is 5.92 Å². The minimum atomic E-state index is -1.16. The summed E-state index contributed by atoms with van der Waals surface area (Å²) in [6.07, 6.45) is 4.13. The number of allylic oxidation sites excluding steroid dienone is 1. The number of carbonyl (C=O) groups excluding carboxylic acids is 2. The zero-order valence-corrected chi connectivity index (χ0v) is 16.1. The standard InChI is InChI=1S/C20H26N2O6/c1-4-8-28-20(27)21-7-5-6-13(21)9-11(2)14-10-15-16(12(3)23)18(24)22(15)17(14)19(25)26/h4,9,12-13,15-16,23H,1,5-8,10H2,2-3H3,(H,25,26)/b11-9-/t12-,13+,15-,16-/m1/s1. The molecule has 0 bridgehead atoms. The Labute approximate surface area is 163 Å². The van der Waals surface area contributed by atoms with Gasteiger partial charge in [-0.1, -0.05) is 18.7 Å². The SMILES string of the molecule is C=CCOC(=O)N1CCC[C@H]1/C=C(/C)C1=C(C(=O)O)N2C(=O)[C@H]([C@@H](C)O)[C@H]2C1. The summed E-state index contributed by atoms with van der Waals surface area (Å²) in [5, 5.41) is 19.5. The Hall–Kier alpha value is -2.61. The molecule has 0 spiro atoms. The van der Waals surface area contributed by atoms with Gasteiger partial charge in [0.2, 0.25) is 5.91 Å². The number of carbonyl (C=O) groups is 3. The molecule has 0 aliphatic carbocycles. The second-order valence-electron chi connectivity index (χ2n) is 7.50. The number of aliphatic hydroxyl groups excluding tert-OH is 1. The van der Waals surface area contributed by atoms with Crippen molar-refractivity contribution >= 4 is 18.0 Å². The van der Waals surface area contributed by atoms with Crippen LogP contribution in [0.2, 0.25) is 0 Å². The summed E-state index contributed by atoms with van der Waals surface area (Å²) in [5.41, 5.74) is 1.30. The van der Waals surface area contributed by atoms with Gasteiger partial charge in [-0.15, -0.1) is 0 Å². The third kappa shape index (κ3) is 3.32. The molecule has 3 heterocycles. The number of fused-ring (bicyclic) bond motifs is 1. The van der Waals surface area contributed by atoms with E-state index in [1.54, 1.807) is 18.7 Å². The van der Waals surface area contributed by atoms with Crippen molar-refractivity contribution in [3.8, 4) is 0 Å². The van der Waals surface area contributed by atoms with E-state index in [0.29, 0.717) is 18.5 Å². The number of nitrogens with zero attached hydrogens (tertiary/aromatic N) is 2. The number of rotatable bonds is 6. The number of amides is 2. The Balaban J connectivity index is 1.84. The quantitative estimate of drug-likeness (QED) is 0.528. The third-order valence-corrected chi connectivity index (χ3v) is 5.71. The van der Waals surface area contributed by atoms with Crippen LogP contribution < -0.4 is 0 Å². The maximum absolute atomic E-state index is 12.3. The van der Waals surface area contributed by atoms with Gasteiger partial charge >= 0.3 is 12.1 Å². The second kappa shape index (κ2) is 7.79. The molecule has 0 saturated carbocycles. The van der Waals surface area contributed by atoms with Crippen molar-refractivity contribution in [2.45, 2.75) is 51.3 Å². The van der Waals surface area contributed by atoms with Crippen LogP contribution in [0.1, 0.15) is 33.1 Å². The highest BCUT2D eigenvalue weighted by atomic mass is 16.6. The summed E-state index contributed by atoms with van der Waals surface area (Å²) in [4.78, 5) is 39.3. The molecule has 28 heavy (non-hydrogen) atoms. The minimum Gasteiger partial charge on any atom is -0.477 e. The smallest absolute Gasteiger partial charge is 0.410 e. The predicted molar refractivity (Wildman–Crippen MR) is 100 cm³/mol. The summed E-state index contributed by atoms with van der Waals surface area (Å²) < 4.78 is 5.12. The van der Waals surface area contributed by atoms with Crippen LogP contribution in [0.5, 0.6) is 0 Å². The highest BCUT2D eigenvalue weighted by Crippen LogP contribution is 2.45. The Bertz CT molecular complexity index is 769. The third-order valence-electron chi connectivity index (χ3n) is 5.71. The molecule has 3 rings (SSSR count). The number of aliphatic carboxylic acids is 1. The molecule has 3 aliphatic heterocycles. The molecule has 2 saturated heterocycles. The molecule has 0 aromatic carbocycles. The summed E-state index contributed by atoms with van der Waals surface area (Å²) in [6.45, 7) is 7.59. The molecule has 2 amide bonds. The normalized spacial score (nSPS) is 28.2. The van der Waals surface area contributed by atoms with Crippen LogP contribution in [0.4, 0.5) is 4.79 Å². The second-order valence-corrected chi connectivity index (χ2v) is 7.50. The van der Waals surface area contributed by atoms with Gasteiger partial charge in [0, 0.05) is 6.54 Å². The summed E-state index contributed by atoms with van der Waals surface area (Å²) in [7, 11) is 0. The number of carboxylic acid groups (broad SMARTS) is 1. The Kier molecular flexibility index (Phi) is 5.60. The molecule has 8 heteroatoms. The molecular weight excluding hydrogens is 364 g/mol. The van der Waals surface area contributed by atoms with Crippen LogP contribution >= 0.6 is 0 Å². The summed E-state index contributed by atoms with van der Waals surface area (Å²) >= 11 is 0. The van der Waals surface area contributed by atoms with Gasteiger partial charge in [-0.3, -0.25) is 4.79 Å². The van der Waals surface area contributed by atoms with Gasteiger partial charge in [-0.05, 0) is 44.3 Å². The zero-order chi connectivity index (χ0) is 20.6. The molecule has 3 aliphatic rings. The zero-order valence-electron chi connectivity index (χ0n) is 16.1. The van der Waals surface area contributed by atoms with Crippen LogP contribution in [0.3, 0.4) is 0 Å². The van der Waals surface area contributed by atoms with E-state index in [1.165, 1.54) is 11.0 Å². The van der Waals surface area contributed by atoms with Crippen molar-refractivity contribution in [3.63, 3.8) is 0 Å². The fourth-order valence-corrected chi connectivity index (χ4v) is 4.41. The van der Waals surface area contributed by atoms with Gasteiger partial charge in [-0.25, -0.2) is 9.59 Å². The molecule has 4 atom stereocenters. The van der Waals surface area contributed by atoms with E-state index in [-0.39, 0.29) is 30.3 Å². The van der Waals surface area contributed by atoms with Crippen molar-refractivity contribution in [1.29, 1.82) is 0 Å². The molecular formula is C20H26N2O6. The van der Waals surface area contributed by atoms with Crippen LogP contribution in [-0.4, -0.2) is 69.3 Å². The Morgan fingerprint density at radius 2 is 2.14 bits per heavy atom. The van der Waals surface area contributed by atoms with E-state index in [9.17, 15) is 24.6 Å². The van der Waals surface area contributed by atoms with Gasteiger partial charge in [0.15, 0.2) is 0 Å². The first-order valence-electron chi connectivity index (χ1n) is 9.48. The lowest BCUT2D eigenvalue weighted by Gasteiger charge is -2.44. The highest BCUT2D eigenvalue weighted by molar-refractivity contribution is 6.00. The van der Waals surface area contributed by atoms with Crippen molar-refractivity contribution in [3.05, 3.63) is 35.6 Å². The van der Waals surface area contributed by atoms with Crippen LogP contribution in [0.25, 0.3) is 0 Å². The first-order valence-corrected chi connectivity index (χ1v) is 9.48. The lowest BCUT2D eigenvalue weighted by Crippen LogP contribution is -2.61. The molecule has 0 aromatic heterocycles. The maximum Gasteiger partial charge on any atom is 0.410 e. The fraction of sp³-hybridized carbons (Fsp3) is 0.550. The van der Waals surface area contributed by atoms with E-state index < -0.39 is 24.1 Å². The first kappa shape index (κ1) is 20.1. The number of hydrogen-bond acceptors (Lipinski definition) is 5. The van der Waals surface area contributed by atoms with Crippen LogP contribution in [-0.2, 0) is 14.3 Å². The molecule has 0 radical (unpaired) electrons. The minimum absolute atomic E-state index is 0.0144. The van der Waals surface area contributed by atoms with Gasteiger partial charge in [0.25, 0.3) is 0 Å². The molecule has 2 N–H and O–H groups in total. The number of hydrogen-bond donors (Lipinski definition) is 2. The largest absolute Gasteiger partial charge is 0.477 e. The average molecular weight is 390 g/mol. The molecule has 2 fully saturated rings. The first-order chi connectivity index (χ1) is 13.3. The number of ether oxygens (including phenoxy) is 1. The number of β-lactam (4-membered cyclic amide) rings is 1. The summed E-state index contributed by atoms with van der Waals surface area (Å²) in [5.74, 6) is -2.08. The van der Waals surface area contributed by atoms with E-state index in [2.05, 4.69) is 6.58 Å². The van der Waals surface area contributed by atoms with E-state index in [0.717, 1.165) is 18.4 Å². The van der Waals surface area contributed by atoms with E-state index in [4.69, 9.17) is 4.74 Å². The predicted octanol–water partition coefficient (Wildman–Crippen LogP) is 1.67. The number of carboxylic acids is 1. The van der Waals surface area contributed by atoms with Crippen LogP contribution in [0, 0.1) is 5.92 Å². The Morgan fingerprint density at radius 3 is 2.75 bits per heavy atom. The number of aliphatic hydroxyl groups is 1. The maximum atomic E-state index is 12.3. The highest BCUT2D eigenvalue weighted by Gasteiger charge is 2.56. The van der Waals surface area contributed by atoms with Crippen molar-refractivity contribution in [2.75, 3.05) is 13.2 Å². The number of likely N-dealkylation sites (tertiary alicyclic amines) is 1. The van der Waals surface area contributed by atoms with Crippen molar-refractivity contribution in [1.82, 2.24) is 9.80 Å². The molecule has 0 unspecified atom stereocenters. The fourth-order valence-electron chi connectivity index (χ4n) is 4.41. The molecule has 152 valence electrons. The van der Waals surface area contributed by atoms with Gasteiger partial charge in [-0.2, -0.15) is 0 Å².